The summed E-state index contributed by atoms with van der Waals surface area (Å²) < 4.78 is 0. The van der Waals surface area contributed by atoms with Gasteiger partial charge in [0, 0.05) is 0 Å². The summed E-state index contributed by atoms with van der Waals surface area (Å²) in [6.07, 6.45) is 0. The molecule has 0 aliphatic carbocycles. The van der Waals surface area contributed by atoms with Crippen LogP contribution < -0.4 is 17.2 Å². The second-order valence-corrected chi connectivity index (χ2v) is 3.34. The lowest BCUT2D eigenvalue weighted by Crippen LogP contribution is -2.24. The Kier molecular flexibility index (Phi) is 3.32. The number of amides is 3. The van der Waals surface area contributed by atoms with Crippen molar-refractivity contribution in [2.24, 2.45) is 17.2 Å². The molecule has 1 aromatic carbocycles. The molecule has 8 heteroatoms. The van der Waals surface area contributed by atoms with E-state index in [-0.39, 0.29) is 11.1 Å². The van der Waals surface area contributed by atoms with Gasteiger partial charge in [-0.2, -0.15) is 0 Å². The summed E-state index contributed by atoms with van der Waals surface area (Å²) in [5, 5.41) is 8.87. The Morgan fingerprint density at radius 2 is 1.00 bits per heavy atom. The molecule has 0 saturated heterocycles. The first-order chi connectivity index (χ1) is 8.25. The average molecular weight is 251 g/mol. The molecule has 94 valence electrons. The lowest BCUT2D eigenvalue weighted by atomic mass is 9.97. The van der Waals surface area contributed by atoms with Gasteiger partial charge in [-0.1, -0.05) is 0 Å². The number of carboxylic acid groups (broad SMARTS) is 1. The van der Waals surface area contributed by atoms with Crippen molar-refractivity contribution in [3.63, 3.8) is 0 Å². The van der Waals surface area contributed by atoms with E-state index in [1.807, 2.05) is 0 Å². The maximum atomic E-state index is 11.1. The molecular weight excluding hydrogens is 242 g/mol. The highest BCUT2D eigenvalue weighted by Gasteiger charge is 2.22. The summed E-state index contributed by atoms with van der Waals surface area (Å²) in [6, 6.07) is 1.64. The standard InChI is InChI=1S/C10H9N3O5/c11-7(14)3-1-5(9(13)16)6(10(17)18)2-4(3)8(12)15/h1-2H,(H2,11,14)(H2,12,15)(H2,13,16)(H,17,18). The maximum absolute atomic E-state index is 11.1. The number of carbonyl (C=O) groups excluding carboxylic acids is 3. The average Bonchev–Trinajstić information content (AvgIpc) is 2.26. The van der Waals surface area contributed by atoms with Crippen LogP contribution in [0, 0.1) is 0 Å². The van der Waals surface area contributed by atoms with E-state index in [1.165, 1.54) is 0 Å². The van der Waals surface area contributed by atoms with Crippen LogP contribution in [0.5, 0.6) is 0 Å². The van der Waals surface area contributed by atoms with Gasteiger partial charge in [-0.15, -0.1) is 0 Å². The van der Waals surface area contributed by atoms with E-state index in [4.69, 9.17) is 22.3 Å². The minimum atomic E-state index is -1.48. The molecule has 3 amide bonds. The van der Waals surface area contributed by atoms with Gasteiger partial charge < -0.3 is 22.3 Å². The lowest BCUT2D eigenvalue weighted by Gasteiger charge is -2.08. The fourth-order valence-electron chi connectivity index (χ4n) is 1.39. The number of carbonyl (C=O) groups is 4. The van der Waals surface area contributed by atoms with Crippen molar-refractivity contribution in [3.8, 4) is 0 Å². The van der Waals surface area contributed by atoms with Gasteiger partial charge in [0.1, 0.15) is 0 Å². The zero-order valence-corrected chi connectivity index (χ0v) is 8.97. The van der Waals surface area contributed by atoms with Crippen LogP contribution in [0.4, 0.5) is 0 Å². The van der Waals surface area contributed by atoms with Crippen molar-refractivity contribution in [3.05, 3.63) is 34.4 Å². The maximum Gasteiger partial charge on any atom is 0.336 e. The van der Waals surface area contributed by atoms with Crippen LogP contribution in [-0.2, 0) is 0 Å². The molecule has 8 nitrogen and oxygen atoms in total. The first kappa shape index (κ1) is 13.2. The Morgan fingerprint density at radius 3 is 1.28 bits per heavy atom. The minimum absolute atomic E-state index is 0.360. The second-order valence-electron chi connectivity index (χ2n) is 3.34. The van der Waals surface area contributed by atoms with E-state index in [2.05, 4.69) is 0 Å². The third kappa shape index (κ3) is 2.26. The molecule has 0 unspecified atom stereocenters. The number of rotatable bonds is 4. The van der Waals surface area contributed by atoms with Gasteiger partial charge in [-0.25, -0.2) is 4.79 Å². The summed E-state index contributed by atoms with van der Waals surface area (Å²) in [7, 11) is 0. The lowest BCUT2D eigenvalue weighted by molar-refractivity contribution is 0.0691. The van der Waals surface area contributed by atoms with E-state index in [1.54, 1.807) is 0 Å². The zero-order chi connectivity index (χ0) is 14.0. The molecular formula is C10H9N3O5. The van der Waals surface area contributed by atoms with Crippen LogP contribution in [0.2, 0.25) is 0 Å². The fraction of sp³-hybridized carbons (Fsp3) is 0. The summed E-state index contributed by atoms with van der Waals surface area (Å²) >= 11 is 0. The number of hydrogen-bond acceptors (Lipinski definition) is 4. The Labute approximate surface area is 100 Å². The van der Waals surface area contributed by atoms with Crippen LogP contribution in [0.1, 0.15) is 41.4 Å². The molecule has 0 heterocycles. The smallest absolute Gasteiger partial charge is 0.336 e. The van der Waals surface area contributed by atoms with Gasteiger partial charge >= 0.3 is 5.97 Å². The summed E-state index contributed by atoms with van der Waals surface area (Å²) in [5.74, 6) is -4.61. The molecule has 0 radical (unpaired) electrons. The summed E-state index contributed by atoms with van der Waals surface area (Å²) in [4.78, 5) is 44.2. The van der Waals surface area contributed by atoms with Crippen LogP contribution in [0.3, 0.4) is 0 Å². The van der Waals surface area contributed by atoms with Crippen molar-refractivity contribution < 1.29 is 24.3 Å². The van der Waals surface area contributed by atoms with Crippen molar-refractivity contribution >= 4 is 23.7 Å². The fourth-order valence-corrected chi connectivity index (χ4v) is 1.39. The van der Waals surface area contributed by atoms with E-state index in [9.17, 15) is 19.2 Å². The Bertz CT molecular complexity index is 481. The molecule has 0 aliphatic heterocycles. The molecule has 0 atom stereocenters. The third-order valence-electron chi connectivity index (χ3n) is 2.18. The molecule has 0 aliphatic rings. The van der Waals surface area contributed by atoms with E-state index in [0.29, 0.717) is 0 Å². The Morgan fingerprint density at radius 1 is 0.722 bits per heavy atom. The summed E-state index contributed by atoms with van der Waals surface area (Å²) in [6.45, 7) is 0. The molecule has 0 fully saturated rings. The molecule has 1 aromatic rings. The van der Waals surface area contributed by atoms with Crippen molar-refractivity contribution in [2.45, 2.75) is 0 Å². The highest BCUT2D eigenvalue weighted by molar-refractivity contribution is 6.12. The van der Waals surface area contributed by atoms with Gasteiger partial charge in [0.05, 0.1) is 22.3 Å². The third-order valence-corrected chi connectivity index (χ3v) is 2.18. The van der Waals surface area contributed by atoms with Crippen LogP contribution in [-0.4, -0.2) is 28.8 Å². The normalized spacial score (nSPS) is 9.78. The van der Waals surface area contributed by atoms with Gasteiger partial charge in [-0.05, 0) is 12.1 Å². The number of nitrogens with two attached hydrogens (primary N) is 3. The number of benzene rings is 1. The van der Waals surface area contributed by atoms with Gasteiger partial charge in [0.25, 0.3) is 0 Å². The first-order valence-electron chi connectivity index (χ1n) is 4.56. The molecule has 0 bridgehead atoms. The van der Waals surface area contributed by atoms with Crippen molar-refractivity contribution in [1.29, 1.82) is 0 Å². The molecule has 0 spiro atoms. The first-order valence-corrected chi connectivity index (χ1v) is 4.56. The summed E-state index contributed by atoms with van der Waals surface area (Å²) in [5.41, 5.74) is 13.3. The number of primary amides is 3. The number of hydrogen-bond donors (Lipinski definition) is 4. The van der Waals surface area contributed by atoms with Gasteiger partial charge in [-0.3, -0.25) is 14.4 Å². The second kappa shape index (κ2) is 4.53. The monoisotopic (exact) mass is 251 g/mol. The largest absolute Gasteiger partial charge is 0.478 e. The van der Waals surface area contributed by atoms with Crippen LogP contribution >= 0.6 is 0 Å². The highest BCUT2D eigenvalue weighted by atomic mass is 16.4. The Hall–Kier alpha value is -2.90. The van der Waals surface area contributed by atoms with E-state index < -0.39 is 34.8 Å². The van der Waals surface area contributed by atoms with Crippen molar-refractivity contribution in [1.82, 2.24) is 0 Å². The Balaban J connectivity index is 3.71. The van der Waals surface area contributed by atoms with Crippen LogP contribution in [0.15, 0.2) is 12.1 Å². The SMILES string of the molecule is NC(=O)c1cc(C(N)=O)c(C(=O)O)cc1C(N)=O. The zero-order valence-electron chi connectivity index (χ0n) is 8.97. The van der Waals surface area contributed by atoms with E-state index in [0.717, 1.165) is 12.1 Å². The molecule has 7 N–H and O–H groups in total. The molecule has 18 heavy (non-hydrogen) atoms. The van der Waals surface area contributed by atoms with Crippen LogP contribution in [0.25, 0.3) is 0 Å². The predicted molar refractivity (Wildman–Crippen MR) is 59.0 cm³/mol. The topological polar surface area (TPSA) is 167 Å². The molecule has 0 saturated carbocycles. The quantitative estimate of drug-likeness (QED) is 0.519. The van der Waals surface area contributed by atoms with Gasteiger partial charge in [0.15, 0.2) is 0 Å². The highest BCUT2D eigenvalue weighted by Crippen LogP contribution is 2.17. The molecule has 1 rings (SSSR count). The van der Waals surface area contributed by atoms with Crippen molar-refractivity contribution in [2.75, 3.05) is 0 Å². The number of carboxylic acids is 1. The molecule has 0 aromatic heterocycles. The minimum Gasteiger partial charge on any atom is -0.478 e. The predicted octanol–water partition coefficient (Wildman–Crippen LogP) is -1.32. The van der Waals surface area contributed by atoms with Gasteiger partial charge in [0.2, 0.25) is 17.7 Å². The number of aromatic carboxylic acids is 1. The van der Waals surface area contributed by atoms with E-state index >= 15 is 0 Å².